The van der Waals surface area contributed by atoms with Crippen molar-refractivity contribution in [1.82, 2.24) is 9.36 Å². The minimum atomic E-state index is -0.254. The first-order chi connectivity index (χ1) is 8.22. The van der Waals surface area contributed by atoms with Gasteiger partial charge in [0.05, 0.1) is 11.0 Å². The fourth-order valence-electron chi connectivity index (χ4n) is 1.67. The molecule has 3 rings (SSSR count). The molecule has 1 amide bonds. The number of Topliss-reactive ketones (excluding diaryl/α,β-unsaturated/α-hetero) is 1. The molecular formula is C10H11N3O2S2. The number of nitrogens with one attached hydrogen (secondary N) is 1. The molecule has 1 saturated carbocycles. The van der Waals surface area contributed by atoms with Gasteiger partial charge in [-0.1, -0.05) is 0 Å². The summed E-state index contributed by atoms with van der Waals surface area (Å²) in [5.74, 6) is 1.81. The highest BCUT2D eigenvalue weighted by molar-refractivity contribution is 8.01. The second kappa shape index (κ2) is 4.38. The third kappa shape index (κ3) is 2.50. The summed E-state index contributed by atoms with van der Waals surface area (Å²) in [6.07, 6.45) is 2.64. The molecule has 0 bridgehead atoms. The minimum absolute atomic E-state index is 0.126. The van der Waals surface area contributed by atoms with Gasteiger partial charge in [-0.25, -0.2) is 4.98 Å². The third-order valence-corrected chi connectivity index (χ3v) is 4.68. The maximum absolute atomic E-state index is 11.8. The number of nitrogens with zero attached hydrogens (tertiary/aromatic N) is 2. The van der Waals surface area contributed by atoms with Gasteiger partial charge >= 0.3 is 0 Å². The van der Waals surface area contributed by atoms with E-state index in [1.165, 1.54) is 23.3 Å². The second-order valence-corrected chi connectivity index (χ2v) is 6.21. The molecule has 1 aromatic heterocycles. The lowest BCUT2D eigenvalue weighted by molar-refractivity contribution is -0.120. The zero-order valence-corrected chi connectivity index (χ0v) is 10.6. The number of carbonyl (C=O) groups excluding carboxylic acids is 2. The van der Waals surface area contributed by atoms with Crippen molar-refractivity contribution in [3.05, 3.63) is 5.82 Å². The van der Waals surface area contributed by atoms with Gasteiger partial charge in [-0.15, -0.1) is 11.8 Å². The Bertz CT molecular complexity index is 470. The molecule has 2 heterocycles. The van der Waals surface area contributed by atoms with Crippen molar-refractivity contribution in [3.8, 4) is 0 Å². The SMILES string of the molecule is O=C1CSC(C(=O)Nc2nc(C3CC3)ns2)C1. The molecule has 5 nitrogen and oxygen atoms in total. The number of amides is 1. The number of hydrogen-bond acceptors (Lipinski definition) is 6. The molecule has 0 spiro atoms. The van der Waals surface area contributed by atoms with Crippen molar-refractivity contribution in [2.45, 2.75) is 30.4 Å². The van der Waals surface area contributed by atoms with Crippen LogP contribution in [0, 0.1) is 0 Å². The first kappa shape index (κ1) is 11.2. The molecule has 1 aliphatic carbocycles. The van der Waals surface area contributed by atoms with E-state index in [1.807, 2.05) is 0 Å². The van der Waals surface area contributed by atoms with Crippen molar-refractivity contribution in [2.75, 3.05) is 11.1 Å². The lowest BCUT2D eigenvalue weighted by Gasteiger charge is -2.05. The standard InChI is InChI=1S/C10H11N3O2S2/c14-6-3-7(16-4-6)9(15)12-10-11-8(13-17-10)5-1-2-5/h5,7H,1-4H2,(H,11,12,13,15). The first-order valence-corrected chi connectivity index (χ1v) is 7.32. The van der Waals surface area contributed by atoms with Gasteiger partial charge < -0.3 is 0 Å². The van der Waals surface area contributed by atoms with E-state index in [4.69, 9.17) is 0 Å². The van der Waals surface area contributed by atoms with Gasteiger partial charge in [0.15, 0.2) is 0 Å². The van der Waals surface area contributed by atoms with E-state index in [-0.39, 0.29) is 16.9 Å². The van der Waals surface area contributed by atoms with Crippen molar-refractivity contribution in [2.24, 2.45) is 0 Å². The highest BCUT2D eigenvalue weighted by atomic mass is 32.2. The Morgan fingerprint density at radius 1 is 1.41 bits per heavy atom. The molecule has 1 N–H and O–H groups in total. The Balaban J connectivity index is 1.61. The predicted octanol–water partition coefficient (Wildman–Crippen LogP) is 1.43. The molecule has 1 aromatic rings. The van der Waals surface area contributed by atoms with E-state index in [0.717, 1.165) is 18.7 Å². The van der Waals surface area contributed by atoms with Crippen molar-refractivity contribution in [1.29, 1.82) is 0 Å². The van der Waals surface area contributed by atoms with Crippen LogP contribution in [0.15, 0.2) is 0 Å². The summed E-state index contributed by atoms with van der Waals surface area (Å²) in [4.78, 5) is 27.2. The highest BCUT2D eigenvalue weighted by Crippen LogP contribution is 2.39. The lowest BCUT2D eigenvalue weighted by Crippen LogP contribution is -2.23. The number of carbonyl (C=O) groups is 2. The molecule has 1 unspecified atom stereocenters. The molecule has 2 aliphatic rings. The predicted molar refractivity (Wildman–Crippen MR) is 66.4 cm³/mol. The number of ketones is 1. The Hall–Kier alpha value is -0.950. The Labute approximate surface area is 107 Å². The maximum atomic E-state index is 11.8. The van der Waals surface area contributed by atoms with Crippen molar-refractivity contribution in [3.63, 3.8) is 0 Å². The van der Waals surface area contributed by atoms with Crippen LogP contribution in [0.3, 0.4) is 0 Å². The van der Waals surface area contributed by atoms with Crippen LogP contribution in [-0.2, 0) is 9.59 Å². The second-order valence-electron chi connectivity index (χ2n) is 4.26. The molecule has 7 heteroatoms. The minimum Gasteiger partial charge on any atom is -0.300 e. The fraction of sp³-hybridized carbons (Fsp3) is 0.600. The molecule has 1 atom stereocenters. The molecular weight excluding hydrogens is 258 g/mol. The average molecular weight is 269 g/mol. The number of thioether (sulfide) groups is 1. The maximum Gasteiger partial charge on any atom is 0.239 e. The molecule has 1 aliphatic heterocycles. The van der Waals surface area contributed by atoms with Crippen molar-refractivity contribution >= 4 is 40.1 Å². The van der Waals surface area contributed by atoms with Crippen LogP contribution < -0.4 is 5.32 Å². The number of rotatable bonds is 3. The van der Waals surface area contributed by atoms with E-state index >= 15 is 0 Å². The van der Waals surface area contributed by atoms with Gasteiger partial charge in [-0.3, -0.25) is 14.9 Å². The zero-order valence-electron chi connectivity index (χ0n) is 9.01. The summed E-state index contributed by atoms with van der Waals surface area (Å²) < 4.78 is 4.21. The summed E-state index contributed by atoms with van der Waals surface area (Å²) in [6.45, 7) is 0. The monoisotopic (exact) mass is 269 g/mol. The van der Waals surface area contributed by atoms with E-state index in [2.05, 4.69) is 14.7 Å². The number of hydrogen-bond donors (Lipinski definition) is 1. The van der Waals surface area contributed by atoms with E-state index in [0.29, 0.717) is 23.2 Å². The largest absolute Gasteiger partial charge is 0.300 e. The molecule has 1 saturated heterocycles. The Morgan fingerprint density at radius 3 is 2.88 bits per heavy atom. The smallest absolute Gasteiger partial charge is 0.239 e. The van der Waals surface area contributed by atoms with E-state index in [1.54, 1.807) is 0 Å². The summed E-state index contributed by atoms with van der Waals surface area (Å²) in [7, 11) is 0. The van der Waals surface area contributed by atoms with Crippen LogP contribution in [0.4, 0.5) is 5.13 Å². The Kier molecular flexibility index (Phi) is 2.87. The van der Waals surface area contributed by atoms with Gasteiger partial charge in [0.2, 0.25) is 11.0 Å². The Morgan fingerprint density at radius 2 is 2.24 bits per heavy atom. The highest BCUT2D eigenvalue weighted by Gasteiger charge is 2.31. The van der Waals surface area contributed by atoms with Crippen LogP contribution in [0.1, 0.15) is 31.0 Å². The average Bonchev–Trinajstić information content (AvgIpc) is 2.90. The summed E-state index contributed by atoms with van der Waals surface area (Å²) in [5, 5.41) is 3.04. The van der Waals surface area contributed by atoms with Gasteiger partial charge in [0, 0.05) is 23.9 Å². The molecule has 2 fully saturated rings. The zero-order chi connectivity index (χ0) is 11.8. The summed E-state index contributed by atoms with van der Waals surface area (Å²) in [5.41, 5.74) is 0. The van der Waals surface area contributed by atoms with Gasteiger partial charge in [0.1, 0.15) is 11.6 Å². The lowest BCUT2D eigenvalue weighted by atomic mass is 10.2. The van der Waals surface area contributed by atoms with Crippen LogP contribution in [0.25, 0.3) is 0 Å². The van der Waals surface area contributed by atoms with Crippen LogP contribution in [0.5, 0.6) is 0 Å². The first-order valence-electron chi connectivity index (χ1n) is 5.50. The van der Waals surface area contributed by atoms with Gasteiger partial charge in [0.25, 0.3) is 0 Å². The van der Waals surface area contributed by atoms with Crippen LogP contribution in [0.2, 0.25) is 0 Å². The summed E-state index contributed by atoms with van der Waals surface area (Å²) >= 11 is 2.62. The molecule has 0 radical (unpaired) electrons. The molecule has 90 valence electrons. The van der Waals surface area contributed by atoms with E-state index in [9.17, 15) is 9.59 Å². The summed E-state index contributed by atoms with van der Waals surface area (Å²) in [6, 6.07) is 0. The van der Waals surface area contributed by atoms with Gasteiger partial charge in [-0.2, -0.15) is 4.37 Å². The normalized spacial score (nSPS) is 24.0. The quantitative estimate of drug-likeness (QED) is 0.898. The number of anilines is 1. The third-order valence-electron chi connectivity index (χ3n) is 2.77. The van der Waals surface area contributed by atoms with Crippen molar-refractivity contribution < 1.29 is 9.59 Å². The molecule has 17 heavy (non-hydrogen) atoms. The van der Waals surface area contributed by atoms with Crippen LogP contribution in [-0.4, -0.2) is 32.1 Å². The fourth-order valence-corrected chi connectivity index (χ4v) is 3.33. The van der Waals surface area contributed by atoms with E-state index < -0.39 is 0 Å². The molecule has 0 aromatic carbocycles. The topological polar surface area (TPSA) is 72.0 Å². The number of aromatic nitrogens is 2. The van der Waals surface area contributed by atoms with Crippen LogP contribution >= 0.6 is 23.3 Å². The van der Waals surface area contributed by atoms with Gasteiger partial charge in [-0.05, 0) is 12.8 Å².